The molecule has 2 aliphatic rings. The molecule has 2 aromatic carbocycles. The van der Waals surface area contributed by atoms with Crippen molar-refractivity contribution >= 4 is 5.91 Å². The lowest BCUT2D eigenvalue weighted by atomic mass is 10.1. The summed E-state index contributed by atoms with van der Waals surface area (Å²) in [6.07, 6.45) is 2.57. The normalized spacial score (nSPS) is 18.0. The Hall–Kier alpha value is -2.68. The van der Waals surface area contributed by atoms with Gasteiger partial charge < -0.3 is 4.90 Å². The zero-order valence-electron chi connectivity index (χ0n) is 16.9. The van der Waals surface area contributed by atoms with Crippen molar-refractivity contribution in [2.75, 3.05) is 39.3 Å². The quantitative estimate of drug-likeness (QED) is 0.790. The number of benzene rings is 2. The molecule has 0 aromatic heterocycles. The van der Waals surface area contributed by atoms with Gasteiger partial charge in [-0.15, -0.1) is 0 Å². The highest BCUT2D eigenvalue weighted by atomic mass is 16.2. The van der Waals surface area contributed by atoms with Gasteiger partial charge in [0.05, 0.1) is 11.6 Å². The lowest BCUT2D eigenvalue weighted by Crippen LogP contribution is -2.48. The standard InChI is InChI=1S/C24H28N4O/c25-17-20-6-8-21(9-7-20)18-27-12-14-28(15-13-27)24(29)23-5-3-4-22(16-23)19-26-10-1-2-11-26/h3-9,16H,1-2,10-15,18-19H2. The molecule has 2 aromatic rings. The molecule has 2 aliphatic heterocycles. The smallest absolute Gasteiger partial charge is 0.253 e. The van der Waals surface area contributed by atoms with Crippen molar-refractivity contribution in [3.8, 4) is 6.07 Å². The van der Waals surface area contributed by atoms with Crippen LogP contribution in [0, 0.1) is 11.3 Å². The van der Waals surface area contributed by atoms with Crippen LogP contribution >= 0.6 is 0 Å². The van der Waals surface area contributed by atoms with Crippen molar-refractivity contribution < 1.29 is 4.79 Å². The van der Waals surface area contributed by atoms with Gasteiger partial charge in [0, 0.05) is 44.8 Å². The number of hydrogen-bond donors (Lipinski definition) is 0. The van der Waals surface area contributed by atoms with E-state index in [0.29, 0.717) is 5.56 Å². The minimum Gasteiger partial charge on any atom is -0.336 e. The molecule has 150 valence electrons. The molecule has 2 saturated heterocycles. The molecule has 29 heavy (non-hydrogen) atoms. The second-order valence-corrected chi connectivity index (χ2v) is 8.06. The first-order valence-corrected chi connectivity index (χ1v) is 10.5. The van der Waals surface area contributed by atoms with Gasteiger partial charge in [-0.2, -0.15) is 5.26 Å². The molecule has 0 N–H and O–H groups in total. The number of carbonyl (C=O) groups excluding carboxylic acids is 1. The number of hydrogen-bond acceptors (Lipinski definition) is 4. The lowest BCUT2D eigenvalue weighted by Gasteiger charge is -2.35. The van der Waals surface area contributed by atoms with Crippen LogP contribution in [-0.2, 0) is 13.1 Å². The first-order chi connectivity index (χ1) is 14.2. The average Bonchev–Trinajstić information content (AvgIpc) is 3.27. The third-order valence-electron chi connectivity index (χ3n) is 5.93. The monoisotopic (exact) mass is 388 g/mol. The Morgan fingerprint density at radius 2 is 1.48 bits per heavy atom. The SMILES string of the molecule is N#Cc1ccc(CN2CCN(C(=O)c3cccc(CN4CCCC4)c3)CC2)cc1. The van der Waals surface area contributed by atoms with Gasteiger partial charge in [-0.25, -0.2) is 0 Å². The van der Waals surface area contributed by atoms with E-state index in [9.17, 15) is 4.79 Å². The van der Waals surface area contributed by atoms with E-state index in [2.05, 4.69) is 28.0 Å². The summed E-state index contributed by atoms with van der Waals surface area (Å²) in [5, 5.41) is 8.91. The Kier molecular flexibility index (Phi) is 6.24. The lowest BCUT2D eigenvalue weighted by molar-refractivity contribution is 0.0628. The molecule has 0 radical (unpaired) electrons. The topological polar surface area (TPSA) is 50.6 Å². The third-order valence-corrected chi connectivity index (χ3v) is 5.93. The second-order valence-electron chi connectivity index (χ2n) is 8.06. The summed E-state index contributed by atoms with van der Waals surface area (Å²) < 4.78 is 0. The van der Waals surface area contributed by atoms with Crippen LogP contribution in [0.25, 0.3) is 0 Å². The van der Waals surface area contributed by atoms with Gasteiger partial charge in [0.15, 0.2) is 0 Å². The molecule has 0 bridgehead atoms. The number of nitriles is 1. The minimum atomic E-state index is 0.145. The summed E-state index contributed by atoms with van der Waals surface area (Å²) in [4.78, 5) is 19.8. The van der Waals surface area contributed by atoms with Gasteiger partial charge in [0.25, 0.3) is 5.91 Å². The van der Waals surface area contributed by atoms with Crippen molar-refractivity contribution in [2.24, 2.45) is 0 Å². The fourth-order valence-corrected chi connectivity index (χ4v) is 4.24. The van der Waals surface area contributed by atoms with E-state index in [1.54, 1.807) is 0 Å². The van der Waals surface area contributed by atoms with E-state index < -0.39 is 0 Å². The van der Waals surface area contributed by atoms with Crippen LogP contribution in [-0.4, -0.2) is 59.9 Å². The highest BCUT2D eigenvalue weighted by Crippen LogP contribution is 2.16. The van der Waals surface area contributed by atoms with E-state index in [4.69, 9.17) is 5.26 Å². The second kappa shape index (κ2) is 9.21. The molecule has 0 unspecified atom stereocenters. The molecule has 0 aliphatic carbocycles. The van der Waals surface area contributed by atoms with Crippen LogP contribution in [0.5, 0.6) is 0 Å². The predicted molar refractivity (Wildman–Crippen MR) is 113 cm³/mol. The summed E-state index contributed by atoms with van der Waals surface area (Å²) in [5.41, 5.74) is 3.94. The summed E-state index contributed by atoms with van der Waals surface area (Å²) in [7, 11) is 0. The summed E-state index contributed by atoms with van der Waals surface area (Å²) in [5.74, 6) is 0.145. The highest BCUT2D eigenvalue weighted by molar-refractivity contribution is 5.94. The third kappa shape index (κ3) is 5.03. The number of likely N-dealkylation sites (tertiary alicyclic amines) is 1. The van der Waals surface area contributed by atoms with Crippen molar-refractivity contribution in [1.82, 2.24) is 14.7 Å². The van der Waals surface area contributed by atoms with Crippen LogP contribution in [0.4, 0.5) is 0 Å². The molecular weight excluding hydrogens is 360 g/mol. The largest absolute Gasteiger partial charge is 0.336 e. The molecule has 0 spiro atoms. The zero-order chi connectivity index (χ0) is 20.1. The summed E-state index contributed by atoms with van der Waals surface area (Å²) in [6.45, 7) is 7.40. The van der Waals surface area contributed by atoms with E-state index in [1.165, 1.54) is 37.1 Å². The van der Waals surface area contributed by atoms with Crippen LogP contribution in [0.2, 0.25) is 0 Å². The first kappa shape index (κ1) is 19.6. The highest BCUT2D eigenvalue weighted by Gasteiger charge is 2.22. The van der Waals surface area contributed by atoms with Crippen LogP contribution in [0.3, 0.4) is 0 Å². The van der Waals surface area contributed by atoms with Gasteiger partial charge in [-0.1, -0.05) is 24.3 Å². The fourth-order valence-electron chi connectivity index (χ4n) is 4.24. The Balaban J connectivity index is 1.31. The number of rotatable bonds is 5. The Morgan fingerprint density at radius 1 is 0.828 bits per heavy atom. The van der Waals surface area contributed by atoms with Crippen LogP contribution < -0.4 is 0 Å². The van der Waals surface area contributed by atoms with Crippen LogP contribution in [0.1, 0.15) is 39.9 Å². The van der Waals surface area contributed by atoms with Gasteiger partial charge in [-0.3, -0.25) is 14.6 Å². The molecule has 2 fully saturated rings. The number of nitrogens with zero attached hydrogens (tertiary/aromatic N) is 4. The van der Waals surface area contributed by atoms with Gasteiger partial charge in [0.2, 0.25) is 0 Å². The fraction of sp³-hybridized carbons (Fsp3) is 0.417. The predicted octanol–water partition coefficient (Wildman–Crippen LogP) is 3.11. The maximum absolute atomic E-state index is 13.0. The van der Waals surface area contributed by atoms with Crippen LogP contribution in [0.15, 0.2) is 48.5 Å². The van der Waals surface area contributed by atoms with E-state index in [1.807, 2.05) is 41.3 Å². The molecule has 4 rings (SSSR count). The number of carbonyl (C=O) groups is 1. The van der Waals surface area contributed by atoms with Gasteiger partial charge >= 0.3 is 0 Å². The zero-order valence-corrected chi connectivity index (χ0v) is 16.9. The molecule has 2 heterocycles. The molecule has 5 heteroatoms. The van der Waals surface area contributed by atoms with Gasteiger partial charge in [0.1, 0.15) is 0 Å². The summed E-state index contributed by atoms with van der Waals surface area (Å²) >= 11 is 0. The van der Waals surface area contributed by atoms with Crippen molar-refractivity contribution in [3.63, 3.8) is 0 Å². The number of piperazine rings is 1. The van der Waals surface area contributed by atoms with Crippen molar-refractivity contribution in [2.45, 2.75) is 25.9 Å². The minimum absolute atomic E-state index is 0.145. The molecule has 1 amide bonds. The number of amides is 1. The molecule has 0 atom stereocenters. The van der Waals surface area contributed by atoms with Crippen molar-refractivity contribution in [1.29, 1.82) is 5.26 Å². The van der Waals surface area contributed by atoms with Gasteiger partial charge in [-0.05, 0) is 61.3 Å². The van der Waals surface area contributed by atoms with E-state index in [-0.39, 0.29) is 5.91 Å². The summed E-state index contributed by atoms with van der Waals surface area (Å²) in [6, 6.07) is 18.1. The maximum Gasteiger partial charge on any atom is 0.253 e. The van der Waals surface area contributed by atoms with Crippen molar-refractivity contribution in [3.05, 3.63) is 70.8 Å². The average molecular weight is 389 g/mol. The first-order valence-electron chi connectivity index (χ1n) is 10.5. The van der Waals surface area contributed by atoms with E-state index >= 15 is 0 Å². The molecule has 5 nitrogen and oxygen atoms in total. The maximum atomic E-state index is 13.0. The Labute approximate surface area is 173 Å². The molecular formula is C24H28N4O. The Bertz CT molecular complexity index is 872. The Morgan fingerprint density at radius 3 is 2.17 bits per heavy atom. The molecule has 0 saturated carbocycles. The van der Waals surface area contributed by atoms with E-state index in [0.717, 1.165) is 44.8 Å².